The van der Waals surface area contributed by atoms with E-state index in [0.29, 0.717) is 0 Å². The van der Waals surface area contributed by atoms with Gasteiger partial charge in [0.25, 0.3) is 0 Å². The van der Waals surface area contributed by atoms with E-state index in [9.17, 15) is 18.0 Å². The van der Waals surface area contributed by atoms with Crippen molar-refractivity contribution in [2.24, 2.45) is 5.73 Å². The second-order valence-corrected chi connectivity index (χ2v) is 3.57. The van der Waals surface area contributed by atoms with E-state index in [-0.39, 0.29) is 23.5 Å². The Morgan fingerprint density at radius 3 is 2.39 bits per heavy atom. The first-order valence-corrected chi connectivity index (χ1v) is 4.78. The first-order valence-electron chi connectivity index (χ1n) is 4.78. The van der Waals surface area contributed by atoms with Crippen molar-refractivity contribution in [3.63, 3.8) is 0 Å². The molecular formula is C11H13ClF3NO2. The number of aryl methyl sites for hydroxylation is 1. The van der Waals surface area contributed by atoms with Crippen LogP contribution < -0.4 is 5.73 Å². The quantitative estimate of drug-likeness (QED) is 0.849. The van der Waals surface area contributed by atoms with Gasteiger partial charge in [0.2, 0.25) is 0 Å². The minimum Gasteiger partial charge on any atom is -0.468 e. The van der Waals surface area contributed by atoms with Crippen LogP contribution in [0.4, 0.5) is 13.2 Å². The molecule has 0 fully saturated rings. The summed E-state index contributed by atoms with van der Waals surface area (Å²) in [7, 11) is 1.13. The number of rotatable bonds is 2. The van der Waals surface area contributed by atoms with Gasteiger partial charge in [0.1, 0.15) is 6.04 Å². The summed E-state index contributed by atoms with van der Waals surface area (Å²) in [5.74, 6) is -0.776. The number of benzene rings is 1. The molecule has 1 aromatic rings. The van der Waals surface area contributed by atoms with E-state index in [1.807, 2.05) is 0 Å². The highest BCUT2D eigenvalue weighted by molar-refractivity contribution is 5.85. The Hall–Kier alpha value is -1.27. The lowest BCUT2D eigenvalue weighted by atomic mass is 10.0. The molecule has 0 bridgehead atoms. The molecule has 0 aliphatic heterocycles. The molecule has 0 heterocycles. The summed E-state index contributed by atoms with van der Waals surface area (Å²) < 4.78 is 42.2. The summed E-state index contributed by atoms with van der Waals surface area (Å²) in [4.78, 5) is 11.1. The monoisotopic (exact) mass is 283 g/mol. The first kappa shape index (κ1) is 16.7. The Bertz CT molecular complexity index is 435. The highest BCUT2D eigenvalue weighted by atomic mass is 35.5. The summed E-state index contributed by atoms with van der Waals surface area (Å²) >= 11 is 0. The third kappa shape index (κ3) is 3.61. The predicted octanol–water partition coefficient (Wildman–Crippen LogP) is 2.61. The van der Waals surface area contributed by atoms with E-state index in [1.165, 1.54) is 19.1 Å². The van der Waals surface area contributed by atoms with Crippen LogP contribution in [0.1, 0.15) is 22.7 Å². The molecule has 1 aromatic carbocycles. The molecule has 0 aliphatic rings. The second kappa shape index (κ2) is 6.06. The van der Waals surface area contributed by atoms with Gasteiger partial charge < -0.3 is 10.5 Å². The summed E-state index contributed by atoms with van der Waals surface area (Å²) in [6.45, 7) is 1.34. The number of carbonyl (C=O) groups is 1. The van der Waals surface area contributed by atoms with Gasteiger partial charge in [-0.05, 0) is 24.1 Å². The molecule has 1 rings (SSSR count). The number of hydrogen-bond acceptors (Lipinski definition) is 3. The number of nitrogens with two attached hydrogens (primary N) is 1. The van der Waals surface area contributed by atoms with Crippen molar-refractivity contribution in [2.45, 2.75) is 19.1 Å². The normalized spacial score (nSPS) is 12.6. The average Bonchev–Trinajstić information content (AvgIpc) is 2.26. The van der Waals surface area contributed by atoms with E-state index in [0.717, 1.165) is 13.2 Å². The molecule has 0 amide bonds. The van der Waals surface area contributed by atoms with Crippen molar-refractivity contribution in [3.8, 4) is 0 Å². The lowest BCUT2D eigenvalue weighted by Crippen LogP contribution is -2.23. The van der Waals surface area contributed by atoms with E-state index < -0.39 is 23.8 Å². The summed E-state index contributed by atoms with van der Waals surface area (Å²) in [5, 5.41) is 0. The van der Waals surface area contributed by atoms with Gasteiger partial charge >= 0.3 is 12.1 Å². The van der Waals surface area contributed by atoms with Crippen LogP contribution in [-0.4, -0.2) is 13.1 Å². The number of esters is 1. The van der Waals surface area contributed by atoms with Crippen LogP contribution in [0.2, 0.25) is 0 Å². The highest BCUT2D eigenvalue weighted by Crippen LogP contribution is 2.33. The maximum atomic E-state index is 12.6. The lowest BCUT2D eigenvalue weighted by Gasteiger charge is -2.14. The van der Waals surface area contributed by atoms with Gasteiger partial charge in [-0.15, -0.1) is 12.4 Å². The molecule has 1 unspecified atom stereocenters. The van der Waals surface area contributed by atoms with Crippen molar-refractivity contribution >= 4 is 18.4 Å². The third-order valence-corrected chi connectivity index (χ3v) is 2.38. The molecule has 0 aromatic heterocycles. The zero-order valence-corrected chi connectivity index (χ0v) is 10.6. The number of hydrogen-bond donors (Lipinski definition) is 1. The molecule has 2 N–H and O–H groups in total. The van der Waals surface area contributed by atoms with Crippen LogP contribution in [-0.2, 0) is 15.7 Å². The molecule has 102 valence electrons. The Labute approximate surface area is 109 Å². The van der Waals surface area contributed by atoms with E-state index in [2.05, 4.69) is 4.74 Å². The van der Waals surface area contributed by atoms with Crippen molar-refractivity contribution in [1.29, 1.82) is 0 Å². The standard InChI is InChI=1S/C11H12F3NO2.ClH/c1-6-3-4-7(9(15)10(16)17-2)5-8(6)11(12,13)14;/h3-5,9H,15H2,1-2H3;1H. The average molecular weight is 284 g/mol. The van der Waals surface area contributed by atoms with E-state index in [4.69, 9.17) is 5.73 Å². The smallest absolute Gasteiger partial charge is 0.416 e. The molecule has 1 atom stereocenters. The van der Waals surface area contributed by atoms with Crippen molar-refractivity contribution in [3.05, 3.63) is 34.9 Å². The summed E-state index contributed by atoms with van der Waals surface area (Å²) in [5.41, 5.74) is 4.83. The first-order chi connectivity index (χ1) is 7.77. The van der Waals surface area contributed by atoms with Gasteiger partial charge in [-0.2, -0.15) is 13.2 Å². The second-order valence-electron chi connectivity index (χ2n) is 3.57. The molecular weight excluding hydrogens is 271 g/mol. The van der Waals surface area contributed by atoms with Crippen LogP contribution in [0.5, 0.6) is 0 Å². The topological polar surface area (TPSA) is 52.3 Å². The maximum Gasteiger partial charge on any atom is 0.416 e. The zero-order valence-electron chi connectivity index (χ0n) is 9.75. The van der Waals surface area contributed by atoms with Crippen LogP contribution >= 0.6 is 12.4 Å². The number of ether oxygens (including phenoxy) is 1. The Morgan fingerprint density at radius 2 is 1.94 bits per heavy atom. The van der Waals surface area contributed by atoms with E-state index in [1.54, 1.807) is 0 Å². The van der Waals surface area contributed by atoms with Gasteiger partial charge in [0.15, 0.2) is 0 Å². The maximum absolute atomic E-state index is 12.6. The lowest BCUT2D eigenvalue weighted by molar-refractivity contribution is -0.143. The molecule has 7 heteroatoms. The molecule has 0 saturated heterocycles. The van der Waals surface area contributed by atoms with Crippen molar-refractivity contribution in [1.82, 2.24) is 0 Å². The number of carbonyl (C=O) groups excluding carboxylic acids is 1. The number of halogens is 4. The van der Waals surface area contributed by atoms with Crippen molar-refractivity contribution < 1.29 is 22.7 Å². The zero-order chi connectivity index (χ0) is 13.2. The molecule has 0 aliphatic carbocycles. The molecule has 0 saturated carbocycles. The van der Waals surface area contributed by atoms with Gasteiger partial charge in [-0.1, -0.05) is 12.1 Å². The molecule has 3 nitrogen and oxygen atoms in total. The van der Waals surface area contributed by atoms with Gasteiger partial charge in [0, 0.05) is 0 Å². The minimum absolute atomic E-state index is 0. The summed E-state index contributed by atoms with van der Waals surface area (Å²) in [6, 6.07) is 2.33. The van der Waals surface area contributed by atoms with Crippen molar-refractivity contribution in [2.75, 3.05) is 7.11 Å². The third-order valence-electron chi connectivity index (χ3n) is 2.38. The largest absolute Gasteiger partial charge is 0.468 e. The SMILES string of the molecule is COC(=O)C(N)c1ccc(C)c(C(F)(F)F)c1.Cl. The predicted molar refractivity (Wildman–Crippen MR) is 62.4 cm³/mol. The van der Waals surface area contributed by atoms with Gasteiger partial charge in [-0.3, -0.25) is 4.79 Å². The fraction of sp³-hybridized carbons (Fsp3) is 0.364. The Balaban J connectivity index is 0.00000289. The van der Waals surface area contributed by atoms with Gasteiger partial charge in [0.05, 0.1) is 12.7 Å². The van der Waals surface area contributed by atoms with Gasteiger partial charge in [-0.25, -0.2) is 0 Å². The molecule has 18 heavy (non-hydrogen) atoms. The summed E-state index contributed by atoms with van der Waals surface area (Å²) in [6.07, 6.45) is -4.46. The molecule has 0 spiro atoms. The number of alkyl halides is 3. The van der Waals surface area contributed by atoms with E-state index >= 15 is 0 Å². The minimum atomic E-state index is -4.46. The Morgan fingerprint density at radius 1 is 1.39 bits per heavy atom. The van der Waals surface area contributed by atoms with Crippen LogP contribution in [0, 0.1) is 6.92 Å². The fourth-order valence-electron chi connectivity index (χ4n) is 1.40. The van der Waals surface area contributed by atoms with Crippen LogP contribution in [0.3, 0.4) is 0 Å². The fourth-order valence-corrected chi connectivity index (χ4v) is 1.40. The van der Waals surface area contributed by atoms with Crippen LogP contribution in [0.15, 0.2) is 18.2 Å². The molecule has 0 radical (unpaired) electrons. The highest BCUT2D eigenvalue weighted by Gasteiger charge is 2.33. The number of methoxy groups -OCH3 is 1. The van der Waals surface area contributed by atoms with Crippen LogP contribution in [0.25, 0.3) is 0 Å². The Kier molecular flexibility index (Phi) is 5.63.